The third-order valence-corrected chi connectivity index (χ3v) is 6.37. The zero-order chi connectivity index (χ0) is 21.7. The Balaban J connectivity index is 2.25. The van der Waals surface area contributed by atoms with Gasteiger partial charge in [-0.2, -0.15) is 0 Å². The quantitative estimate of drug-likeness (QED) is 0.438. The molecule has 2 nitrogen and oxygen atoms in total. The highest BCUT2D eigenvalue weighted by Crippen LogP contribution is 2.46. The number of hydrogen-bond acceptors (Lipinski definition) is 2. The Hall–Kier alpha value is -2.74. The molecule has 0 aliphatic heterocycles. The van der Waals surface area contributed by atoms with Gasteiger partial charge in [0.05, 0.1) is 11.8 Å². The van der Waals surface area contributed by atoms with Crippen molar-refractivity contribution in [2.75, 3.05) is 0 Å². The molecular weight excluding hydrogens is 368 g/mol. The number of allylic oxidation sites excluding steroid dienone is 4. The van der Waals surface area contributed by atoms with E-state index in [-0.39, 0.29) is 11.6 Å². The molecule has 0 N–H and O–H groups in total. The van der Waals surface area contributed by atoms with E-state index in [0.717, 1.165) is 36.8 Å². The van der Waals surface area contributed by atoms with E-state index < -0.39 is 11.8 Å². The molecule has 2 aromatic rings. The molecule has 0 saturated carbocycles. The summed E-state index contributed by atoms with van der Waals surface area (Å²) in [5.74, 6) is -0.724. The van der Waals surface area contributed by atoms with Gasteiger partial charge in [-0.1, -0.05) is 99.5 Å². The minimum absolute atomic E-state index is 0.0637. The monoisotopic (exact) mass is 400 g/mol. The van der Waals surface area contributed by atoms with E-state index >= 15 is 0 Å². The first kappa shape index (κ1) is 22.0. The van der Waals surface area contributed by atoms with E-state index in [4.69, 9.17) is 0 Å². The number of ketones is 2. The van der Waals surface area contributed by atoms with Gasteiger partial charge < -0.3 is 0 Å². The second kappa shape index (κ2) is 9.84. The zero-order valence-electron chi connectivity index (χ0n) is 18.6. The molecule has 2 heteroatoms. The van der Waals surface area contributed by atoms with Crippen LogP contribution in [0.1, 0.15) is 74.1 Å². The Kier molecular flexibility index (Phi) is 7.20. The molecule has 2 atom stereocenters. The topological polar surface area (TPSA) is 34.1 Å². The molecule has 30 heavy (non-hydrogen) atoms. The van der Waals surface area contributed by atoms with Gasteiger partial charge in [0.25, 0.3) is 0 Å². The second-order valence-electron chi connectivity index (χ2n) is 7.84. The summed E-state index contributed by atoms with van der Waals surface area (Å²) in [5, 5.41) is 0. The Morgan fingerprint density at radius 1 is 0.567 bits per heavy atom. The number of hydrogen-bond donors (Lipinski definition) is 0. The summed E-state index contributed by atoms with van der Waals surface area (Å²) in [5.41, 5.74) is 6.26. The molecule has 0 unspecified atom stereocenters. The molecule has 0 spiro atoms. The van der Waals surface area contributed by atoms with Crippen molar-refractivity contribution < 1.29 is 9.59 Å². The van der Waals surface area contributed by atoms with Gasteiger partial charge in [-0.05, 0) is 36.8 Å². The molecule has 3 rings (SSSR count). The number of carbonyl (C=O) groups is 2. The maximum Gasteiger partial charge on any atom is 0.171 e. The second-order valence-corrected chi connectivity index (χ2v) is 7.84. The molecule has 0 radical (unpaired) electrons. The lowest BCUT2D eigenvalue weighted by Crippen LogP contribution is -2.37. The maximum absolute atomic E-state index is 13.8. The predicted octanol–water partition coefficient (Wildman–Crippen LogP) is 7.23. The SMILES string of the molecule is CCC1=C(CC)[C@H](C(=O)c2ccccc2)[C@@H](C(=O)c2ccccc2)C(CC)=C1CC. The minimum Gasteiger partial charge on any atom is -0.293 e. The largest absolute Gasteiger partial charge is 0.293 e. The summed E-state index contributed by atoms with van der Waals surface area (Å²) >= 11 is 0. The molecule has 0 aromatic heterocycles. The van der Waals surface area contributed by atoms with Gasteiger partial charge in [-0.15, -0.1) is 0 Å². The summed E-state index contributed by atoms with van der Waals surface area (Å²) in [6.45, 7) is 8.56. The van der Waals surface area contributed by atoms with Crippen molar-refractivity contribution in [3.05, 3.63) is 94.1 Å². The molecule has 0 heterocycles. The van der Waals surface area contributed by atoms with Gasteiger partial charge in [0, 0.05) is 11.1 Å². The van der Waals surface area contributed by atoms with Crippen LogP contribution in [0.4, 0.5) is 0 Å². The first-order chi connectivity index (χ1) is 14.6. The summed E-state index contributed by atoms with van der Waals surface area (Å²) < 4.78 is 0. The summed E-state index contributed by atoms with van der Waals surface area (Å²) in [6, 6.07) is 18.9. The molecule has 0 bridgehead atoms. The number of carbonyl (C=O) groups excluding carboxylic acids is 2. The average Bonchev–Trinajstić information content (AvgIpc) is 2.82. The first-order valence-corrected chi connectivity index (χ1v) is 11.2. The third kappa shape index (κ3) is 3.96. The van der Waals surface area contributed by atoms with Gasteiger partial charge in [0.15, 0.2) is 11.6 Å². The summed E-state index contributed by atoms with van der Waals surface area (Å²) in [7, 11) is 0. The van der Waals surface area contributed by atoms with E-state index in [1.165, 1.54) is 11.1 Å². The van der Waals surface area contributed by atoms with Crippen LogP contribution in [0, 0.1) is 11.8 Å². The fourth-order valence-electron chi connectivity index (χ4n) is 5.10. The number of benzene rings is 2. The van der Waals surface area contributed by atoms with Gasteiger partial charge >= 0.3 is 0 Å². The van der Waals surface area contributed by atoms with Gasteiger partial charge in [-0.3, -0.25) is 9.59 Å². The zero-order valence-corrected chi connectivity index (χ0v) is 18.6. The van der Waals surface area contributed by atoms with Gasteiger partial charge in [0.1, 0.15) is 0 Å². The molecule has 0 fully saturated rings. The molecule has 0 saturated heterocycles. The van der Waals surface area contributed by atoms with Crippen LogP contribution in [0.3, 0.4) is 0 Å². The van der Waals surface area contributed by atoms with E-state index in [2.05, 4.69) is 27.7 Å². The highest BCUT2D eigenvalue weighted by Gasteiger charge is 2.43. The van der Waals surface area contributed by atoms with E-state index in [0.29, 0.717) is 11.1 Å². The van der Waals surface area contributed by atoms with E-state index in [1.807, 2.05) is 60.7 Å². The lowest BCUT2D eigenvalue weighted by atomic mass is 9.64. The van der Waals surface area contributed by atoms with Crippen molar-refractivity contribution in [1.29, 1.82) is 0 Å². The maximum atomic E-state index is 13.8. The highest BCUT2D eigenvalue weighted by atomic mass is 16.1. The predicted molar refractivity (Wildman–Crippen MR) is 124 cm³/mol. The highest BCUT2D eigenvalue weighted by molar-refractivity contribution is 6.08. The van der Waals surface area contributed by atoms with Crippen molar-refractivity contribution in [2.45, 2.75) is 53.4 Å². The number of Topliss-reactive ketones (excluding diaryl/α,β-unsaturated/α-hetero) is 2. The third-order valence-electron chi connectivity index (χ3n) is 6.37. The van der Waals surface area contributed by atoms with Crippen LogP contribution in [-0.4, -0.2) is 11.6 Å². The standard InChI is InChI=1S/C28H32O2/c1-5-21-22(6-2)24(8-4)26(28(30)20-17-13-10-14-18-20)25(23(21)7-3)27(29)19-15-11-9-12-16-19/h9-18,25-26H,5-8H2,1-4H3/t25-,26-/m0/s1. The van der Waals surface area contributed by atoms with E-state index in [1.54, 1.807) is 0 Å². The van der Waals surface area contributed by atoms with Crippen molar-refractivity contribution >= 4 is 11.6 Å². The van der Waals surface area contributed by atoms with Crippen LogP contribution in [0.5, 0.6) is 0 Å². The van der Waals surface area contributed by atoms with Crippen LogP contribution < -0.4 is 0 Å². The molecule has 1 aliphatic rings. The van der Waals surface area contributed by atoms with Crippen molar-refractivity contribution in [3.63, 3.8) is 0 Å². The normalized spacial score (nSPS) is 19.2. The fourth-order valence-corrected chi connectivity index (χ4v) is 5.10. The lowest BCUT2D eigenvalue weighted by Gasteiger charge is -2.37. The molecular formula is C28H32O2. The first-order valence-electron chi connectivity index (χ1n) is 11.2. The lowest BCUT2D eigenvalue weighted by molar-refractivity contribution is 0.0809. The molecule has 156 valence electrons. The van der Waals surface area contributed by atoms with Crippen molar-refractivity contribution in [1.82, 2.24) is 0 Å². The Labute approximate surface area is 180 Å². The summed E-state index contributed by atoms with van der Waals surface area (Å²) in [4.78, 5) is 27.6. The number of rotatable bonds is 8. The van der Waals surface area contributed by atoms with Crippen LogP contribution in [0.25, 0.3) is 0 Å². The molecule has 0 amide bonds. The average molecular weight is 401 g/mol. The van der Waals surface area contributed by atoms with Crippen LogP contribution >= 0.6 is 0 Å². The Bertz CT molecular complexity index is 883. The van der Waals surface area contributed by atoms with Crippen LogP contribution in [-0.2, 0) is 0 Å². The van der Waals surface area contributed by atoms with Gasteiger partial charge in [-0.25, -0.2) is 0 Å². The van der Waals surface area contributed by atoms with Crippen LogP contribution in [0.2, 0.25) is 0 Å². The summed E-state index contributed by atoms with van der Waals surface area (Å²) in [6.07, 6.45) is 3.35. The molecule has 2 aromatic carbocycles. The van der Waals surface area contributed by atoms with Gasteiger partial charge in [0.2, 0.25) is 0 Å². The Morgan fingerprint density at radius 2 is 0.900 bits per heavy atom. The van der Waals surface area contributed by atoms with E-state index in [9.17, 15) is 9.59 Å². The van der Waals surface area contributed by atoms with Crippen LogP contribution in [0.15, 0.2) is 83.0 Å². The van der Waals surface area contributed by atoms with Crippen molar-refractivity contribution in [3.8, 4) is 0 Å². The Morgan fingerprint density at radius 3 is 1.17 bits per heavy atom. The minimum atomic E-state index is -0.426. The molecule has 1 aliphatic carbocycles. The van der Waals surface area contributed by atoms with Crippen molar-refractivity contribution in [2.24, 2.45) is 11.8 Å². The fraction of sp³-hybridized carbons (Fsp3) is 0.357. The smallest absolute Gasteiger partial charge is 0.171 e.